The average Bonchev–Trinajstić information content (AvgIpc) is 2.67. The van der Waals surface area contributed by atoms with Gasteiger partial charge in [-0.2, -0.15) is 0 Å². The maximum atomic E-state index is 6.61. The average molecular weight is 470 g/mol. The van der Waals surface area contributed by atoms with Gasteiger partial charge in [0.05, 0.1) is 0 Å². The fraction of sp³-hybridized carbons (Fsp3) is 0.321. The molecule has 3 heteroatoms. The summed E-state index contributed by atoms with van der Waals surface area (Å²) < 4.78 is 8.14. The molecule has 0 aliphatic carbocycles. The van der Waals surface area contributed by atoms with E-state index in [-0.39, 0.29) is 5.41 Å². The quantitative estimate of drug-likeness (QED) is 0.248. The number of rotatable bonds is 2. The number of hydrogen-bond donors (Lipinski definition) is 0. The van der Waals surface area contributed by atoms with Gasteiger partial charge in [0.2, 0.25) is 0 Å². The van der Waals surface area contributed by atoms with Crippen LogP contribution in [0.5, 0.6) is 11.5 Å². The predicted molar refractivity (Wildman–Crippen MR) is 136 cm³/mol. The molecule has 0 saturated carbocycles. The molecule has 0 spiro atoms. The number of aryl methyl sites for hydroxylation is 1. The van der Waals surface area contributed by atoms with Crippen LogP contribution in [0.1, 0.15) is 31.9 Å². The Hall–Kier alpha value is -2.33. The fourth-order valence-corrected chi connectivity index (χ4v) is 7.25. The second-order valence-corrected chi connectivity index (χ2v) is 21.9. The van der Waals surface area contributed by atoms with Gasteiger partial charge in [0.15, 0.2) is 0 Å². The third-order valence-electron chi connectivity index (χ3n) is 6.30. The summed E-state index contributed by atoms with van der Waals surface area (Å²) in [5.74, 6) is 9.24. The van der Waals surface area contributed by atoms with Crippen molar-refractivity contribution in [3.05, 3.63) is 59.8 Å². The number of hydrogen-bond acceptors (Lipinski definition) is 2. The van der Waals surface area contributed by atoms with Crippen molar-refractivity contribution in [2.75, 3.05) is 0 Å². The molecule has 0 saturated heterocycles. The zero-order valence-electron chi connectivity index (χ0n) is 19.7. The number of aromatic nitrogens is 1. The van der Waals surface area contributed by atoms with Crippen molar-refractivity contribution in [2.45, 2.75) is 51.4 Å². The van der Waals surface area contributed by atoms with Crippen LogP contribution >= 0.6 is 0 Å². The molecule has 1 aromatic heterocycles. The molecule has 0 atom stereocenters. The van der Waals surface area contributed by atoms with Crippen molar-refractivity contribution in [1.82, 2.24) is 4.98 Å². The van der Waals surface area contributed by atoms with Crippen molar-refractivity contribution in [1.29, 1.82) is 0 Å². The summed E-state index contributed by atoms with van der Waals surface area (Å²) in [5, 5.41) is 4.92. The molecule has 2 nitrogen and oxygen atoms in total. The summed E-state index contributed by atoms with van der Waals surface area (Å²) in [6.45, 7) is 9.03. The van der Waals surface area contributed by atoms with Crippen LogP contribution in [0.4, 0.5) is 0 Å². The Labute approximate surface area is 188 Å². The zero-order valence-corrected chi connectivity index (χ0v) is 21.8. The number of benzene rings is 3. The molecule has 0 amide bonds. The molecule has 31 heavy (non-hydrogen) atoms. The third kappa shape index (κ3) is 3.55. The van der Waals surface area contributed by atoms with E-state index in [0.717, 1.165) is 34.6 Å². The second-order valence-electron chi connectivity index (χ2n) is 11.3. The van der Waals surface area contributed by atoms with Crippen LogP contribution in [0.15, 0.2) is 48.7 Å². The first-order valence-corrected chi connectivity index (χ1v) is 18.5. The zero-order chi connectivity index (χ0) is 22.1. The van der Waals surface area contributed by atoms with E-state index in [4.69, 9.17) is 9.72 Å². The summed E-state index contributed by atoms with van der Waals surface area (Å²) in [4.78, 5) is 4.83. The van der Waals surface area contributed by atoms with Crippen LogP contribution in [0.25, 0.3) is 32.8 Å². The Kier molecular flexibility index (Phi) is 4.53. The summed E-state index contributed by atoms with van der Waals surface area (Å²) in [6.07, 6.45) is 2.96. The molecule has 3 aromatic carbocycles. The third-order valence-corrected chi connectivity index (χ3v) is 10.6. The van der Waals surface area contributed by atoms with Crippen LogP contribution in [0.3, 0.4) is 0 Å². The van der Waals surface area contributed by atoms with Crippen molar-refractivity contribution in [3.8, 4) is 22.8 Å². The molecular formula is C28H31GeNO. The first kappa shape index (κ1) is 20.6. The molecule has 0 bridgehead atoms. The van der Waals surface area contributed by atoms with Gasteiger partial charge in [-0.1, -0.05) is 20.8 Å². The van der Waals surface area contributed by atoms with E-state index < -0.39 is 13.3 Å². The predicted octanol–water partition coefficient (Wildman–Crippen LogP) is 7.60. The first-order chi connectivity index (χ1) is 14.5. The Morgan fingerprint density at radius 2 is 1.71 bits per heavy atom. The summed E-state index contributed by atoms with van der Waals surface area (Å²) in [6, 6.07) is 16.0. The van der Waals surface area contributed by atoms with Gasteiger partial charge in [-0.3, -0.25) is 0 Å². The molecule has 0 N–H and O–H groups in total. The van der Waals surface area contributed by atoms with E-state index in [1.807, 2.05) is 6.20 Å². The van der Waals surface area contributed by atoms with Gasteiger partial charge in [-0.05, 0) is 0 Å². The summed E-state index contributed by atoms with van der Waals surface area (Å²) >= 11 is -1.91. The SMILES string of the molecule is Cc1c2c(cc3c[c]([Ge]([CH3])([CH3])[CH3])ccc13)-c1nccc3cc(CC(C)(C)C)cc(c13)O2. The number of nitrogens with zero attached hydrogens (tertiary/aromatic N) is 1. The van der Waals surface area contributed by atoms with Crippen LogP contribution in [0.2, 0.25) is 17.3 Å². The molecule has 0 fully saturated rings. The summed E-state index contributed by atoms with van der Waals surface area (Å²) in [5.41, 5.74) is 4.90. The van der Waals surface area contributed by atoms with Crippen molar-refractivity contribution in [3.63, 3.8) is 0 Å². The van der Waals surface area contributed by atoms with Gasteiger partial charge < -0.3 is 0 Å². The monoisotopic (exact) mass is 471 g/mol. The normalized spacial score (nSPS) is 13.4. The molecule has 2 heterocycles. The first-order valence-electron chi connectivity index (χ1n) is 11.2. The molecule has 1 aliphatic rings. The van der Waals surface area contributed by atoms with Gasteiger partial charge in [0.1, 0.15) is 0 Å². The van der Waals surface area contributed by atoms with Crippen molar-refractivity contribution in [2.24, 2.45) is 5.41 Å². The molecule has 0 radical (unpaired) electrons. The van der Waals surface area contributed by atoms with E-state index in [1.54, 1.807) is 0 Å². The minimum atomic E-state index is -1.91. The molecule has 4 aromatic rings. The van der Waals surface area contributed by atoms with Gasteiger partial charge in [-0.25, -0.2) is 0 Å². The molecule has 158 valence electrons. The van der Waals surface area contributed by atoms with E-state index >= 15 is 0 Å². The van der Waals surface area contributed by atoms with Gasteiger partial charge >= 0.3 is 168 Å². The van der Waals surface area contributed by atoms with Crippen LogP contribution in [-0.2, 0) is 6.42 Å². The van der Waals surface area contributed by atoms with E-state index in [9.17, 15) is 0 Å². The van der Waals surface area contributed by atoms with Crippen LogP contribution in [0, 0.1) is 12.3 Å². The summed E-state index contributed by atoms with van der Waals surface area (Å²) in [7, 11) is 0. The fourth-order valence-electron chi connectivity index (χ4n) is 4.79. The molecule has 1 aliphatic heterocycles. The molecule has 5 rings (SSSR count). The maximum absolute atomic E-state index is 6.61. The Morgan fingerprint density at radius 1 is 0.935 bits per heavy atom. The standard InChI is InChI=1S/C28H31GeNO/c1-17-22-9-8-21(29(5,6)7)14-20(22)15-23-26-25-19(10-11-30-26)12-18(16-28(2,3)4)13-24(25)31-27(17)23/h8-15H,16H2,1-7H3. The number of pyridine rings is 1. The number of fused-ring (bicyclic) bond motifs is 3. The van der Waals surface area contributed by atoms with E-state index in [0.29, 0.717) is 0 Å². The number of ether oxygens (including phenoxy) is 1. The van der Waals surface area contributed by atoms with Crippen molar-refractivity contribution >= 4 is 39.2 Å². The van der Waals surface area contributed by atoms with Crippen molar-refractivity contribution < 1.29 is 4.74 Å². The minimum absolute atomic E-state index is 0.226. The Bertz CT molecular complexity index is 1360. The van der Waals surface area contributed by atoms with Gasteiger partial charge in [0, 0.05) is 0 Å². The van der Waals surface area contributed by atoms with Gasteiger partial charge in [-0.15, -0.1) is 0 Å². The Morgan fingerprint density at radius 3 is 2.42 bits per heavy atom. The molecular weight excluding hydrogens is 439 g/mol. The Balaban J connectivity index is 1.77. The van der Waals surface area contributed by atoms with Crippen LogP contribution < -0.4 is 9.13 Å². The second kappa shape index (κ2) is 6.83. The molecule has 0 unspecified atom stereocenters. The van der Waals surface area contributed by atoms with E-state index in [1.165, 1.54) is 31.7 Å². The van der Waals surface area contributed by atoms with Crippen LogP contribution in [-0.4, -0.2) is 18.3 Å². The topological polar surface area (TPSA) is 22.1 Å². The van der Waals surface area contributed by atoms with E-state index in [2.05, 4.69) is 87.4 Å². The van der Waals surface area contributed by atoms with Gasteiger partial charge in [0.25, 0.3) is 0 Å².